The number of aliphatic hydroxyl groups is 2. The molecule has 0 aliphatic carbocycles. The molecule has 0 aliphatic rings. The first kappa shape index (κ1) is 13.6. The maximum atomic E-state index is 10.1. The molecule has 0 bridgehead atoms. The summed E-state index contributed by atoms with van der Waals surface area (Å²) in [5.41, 5.74) is 1.02. The van der Waals surface area contributed by atoms with Gasteiger partial charge in [0.1, 0.15) is 11.9 Å². The van der Waals surface area contributed by atoms with E-state index in [1.54, 1.807) is 12.1 Å². The van der Waals surface area contributed by atoms with Crippen molar-refractivity contribution in [2.45, 2.75) is 18.6 Å². The number of ether oxygens (including phenoxy) is 1. The van der Waals surface area contributed by atoms with Crippen LogP contribution in [0.4, 0.5) is 0 Å². The molecule has 2 N–H and O–H groups in total. The van der Waals surface area contributed by atoms with Crippen LogP contribution in [0.1, 0.15) is 5.56 Å². The molecule has 3 nitrogen and oxygen atoms in total. The molecular formula is C16H18O3. The fourth-order valence-corrected chi connectivity index (χ4v) is 1.90. The van der Waals surface area contributed by atoms with Gasteiger partial charge in [-0.25, -0.2) is 0 Å². The minimum atomic E-state index is -0.743. The van der Waals surface area contributed by atoms with E-state index in [9.17, 15) is 10.2 Å². The second-order valence-electron chi connectivity index (χ2n) is 4.41. The van der Waals surface area contributed by atoms with Crippen molar-refractivity contribution in [2.75, 3.05) is 6.61 Å². The Bertz CT molecular complexity index is 470. The van der Waals surface area contributed by atoms with Crippen LogP contribution >= 0.6 is 0 Å². The van der Waals surface area contributed by atoms with Crippen LogP contribution in [0.5, 0.6) is 5.75 Å². The van der Waals surface area contributed by atoms with E-state index in [1.165, 1.54) is 0 Å². The molecule has 0 fully saturated rings. The topological polar surface area (TPSA) is 49.7 Å². The second-order valence-corrected chi connectivity index (χ2v) is 4.41. The zero-order chi connectivity index (χ0) is 13.5. The van der Waals surface area contributed by atoms with Crippen LogP contribution in [0.2, 0.25) is 0 Å². The van der Waals surface area contributed by atoms with Crippen molar-refractivity contribution in [3.63, 3.8) is 0 Å². The summed E-state index contributed by atoms with van der Waals surface area (Å²) in [5, 5.41) is 19.5. The minimum Gasteiger partial charge on any atom is -0.485 e. The van der Waals surface area contributed by atoms with Gasteiger partial charge in [-0.2, -0.15) is 0 Å². The number of para-hydroxylation sites is 1. The largest absolute Gasteiger partial charge is 0.485 e. The Morgan fingerprint density at radius 3 is 2.05 bits per heavy atom. The lowest BCUT2D eigenvalue weighted by atomic mass is 10.0. The molecule has 2 unspecified atom stereocenters. The van der Waals surface area contributed by atoms with Crippen molar-refractivity contribution in [1.29, 1.82) is 0 Å². The highest BCUT2D eigenvalue weighted by Crippen LogP contribution is 2.14. The fraction of sp³-hybridized carbons (Fsp3) is 0.250. The molecule has 2 atom stereocenters. The number of hydrogen-bond acceptors (Lipinski definition) is 3. The highest BCUT2D eigenvalue weighted by Gasteiger charge is 2.20. The summed E-state index contributed by atoms with van der Waals surface area (Å²) < 4.78 is 5.60. The normalized spacial score (nSPS) is 13.8. The molecule has 0 heterocycles. The van der Waals surface area contributed by atoms with E-state index in [1.807, 2.05) is 48.5 Å². The molecule has 3 heteroatoms. The molecule has 2 aromatic carbocycles. The molecule has 0 spiro atoms. The number of rotatable bonds is 6. The molecule has 0 radical (unpaired) electrons. The zero-order valence-corrected chi connectivity index (χ0v) is 10.6. The molecule has 0 aliphatic heterocycles. The highest BCUT2D eigenvalue weighted by atomic mass is 16.5. The van der Waals surface area contributed by atoms with Gasteiger partial charge in [0.15, 0.2) is 0 Å². The van der Waals surface area contributed by atoms with Crippen LogP contribution in [0.15, 0.2) is 60.7 Å². The Morgan fingerprint density at radius 2 is 1.47 bits per heavy atom. The predicted molar refractivity (Wildman–Crippen MR) is 74.1 cm³/mol. The van der Waals surface area contributed by atoms with E-state index >= 15 is 0 Å². The first-order valence-electron chi connectivity index (χ1n) is 6.34. The lowest BCUT2D eigenvalue weighted by Crippen LogP contribution is -2.36. The molecular weight excluding hydrogens is 240 g/mol. The van der Waals surface area contributed by atoms with Crippen LogP contribution in [0, 0.1) is 0 Å². The first-order chi connectivity index (χ1) is 9.29. The van der Waals surface area contributed by atoms with Gasteiger partial charge in [-0.3, -0.25) is 0 Å². The van der Waals surface area contributed by atoms with Crippen LogP contribution < -0.4 is 4.74 Å². The van der Waals surface area contributed by atoms with Crippen LogP contribution in [-0.2, 0) is 6.42 Å². The lowest BCUT2D eigenvalue weighted by Gasteiger charge is -2.22. The van der Waals surface area contributed by atoms with Crippen molar-refractivity contribution in [3.8, 4) is 5.75 Å². The van der Waals surface area contributed by atoms with Gasteiger partial charge in [-0.05, 0) is 17.7 Å². The van der Waals surface area contributed by atoms with E-state index in [0.717, 1.165) is 5.56 Å². The Hall–Kier alpha value is -1.84. The molecule has 100 valence electrons. The molecule has 0 saturated heterocycles. The van der Waals surface area contributed by atoms with E-state index < -0.39 is 12.2 Å². The molecule has 19 heavy (non-hydrogen) atoms. The summed E-state index contributed by atoms with van der Waals surface area (Å²) in [7, 11) is 0. The van der Waals surface area contributed by atoms with E-state index in [2.05, 4.69) is 0 Å². The van der Waals surface area contributed by atoms with E-state index in [-0.39, 0.29) is 6.61 Å². The predicted octanol–water partition coefficient (Wildman–Crippen LogP) is 2.03. The highest BCUT2D eigenvalue weighted by molar-refractivity contribution is 5.22. The lowest BCUT2D eigenvalue weighted by molar-refractivity contribution is 0.00257. The Kier molecular flexibility index (Phi) is 4.95. The van der Waals surface area contributed by atoms with Crippen molar-refractivity contribution >= 4 is 0 Å². The van der Waals surface area contributed by atoms with Gasteiger partial charge in [0.25, 0.3) is 0 Å². The second kappa shape index (κ2) is 6.92. The molecule has 0 saturated carbocycles. The quantitative estimate of drug-likeness (QED) is 0.833. The number of benzene rings is 2. The summed E-state index contributed by atoms with van der Waals surface area (Å²) in [6, 6.07) is 18.9. The van der Waals surface area contributed by atoms with Crippen LogP contribution in [0.3, 0.4) is 0 Å². The fourth-order valence-electron chi connectivity index (χ4n) is 1.90. The average molecular weight is 258 g/mol. The summed E-state index contributed by atoms with van der Waals surface area (Å²) in [6.07, 6.45) is -0.908. The molecule has 2 rings (SSSR count). The third-order valence-corrected chi connectivity index (χ3v) is 2.93. The van der Waals surface area contributed by atoms with Gasteiger partial charge >= 0.3 is 0 Å². The van der Waals surface area contributed by atoms with Gasteiger partial charge in [0.05, 0.1) is 12.7 Å². The third kappa shape index (κ3) is 4.09. The summed E-state index contributed by atoms with van der Waals surface area (Å²) >= 11 is 0. The SMILES string of the molecule is OCC(Oc1ccccc1)C(O)Cc1ccccc1. The molecule has 0 aromatic heterocycles. The monoisotopic (exact) mass is 258 g/mol. The van der Waals surface area contributed by atoms with Crippen molar-refractivity contribution in [3.05, 3.63) is 66.2 Å². The van der Waals surface area contributed by atoms with Crippen molar-refractivity contribution in [2.24, 2.45) is 0 Å². The maximum absolute atomic E-state index is 10.1. The summed E-state index contributed by atoms with van der Waals surface area (Å²) in [6.45, 7) is -0.219. The molecule has 2 aromatic rings. The van der Waals surface area contributed by atoms with Crippen LogP contribution in [0.25, 0.3) is 0 Å². The van der Waals surface area contributed by atoms with Gasteiger partial charge < -0.3 is 14.9 Å². The standard InChI is InChI=1S/C16H18O3/c17-12-16(19-14-9-5-2-6-10-14)15(18)11-13-7-3-1-4-8-13/h1-10,15-18H,11-12H2. The van der Waals surface area contributed by atoms with E-state index in [0.29, 0.717) is 12.2 Å². The van der Waals surface area contributed by atoms with Crippen molar-refractivity contribution < 1.29 is 14.9 Å². The number of hydrogen-bond donors (Lipinski definition) is 2. The third-order valence-electron chi connectivity index (χ3n) is 2.93. The Morgan fingerprint density at radius 1 is 0.895 bits per heavy atom. The first-order valence-corrected chi connectivity index (χ1v) is 6.34. The average Bonchev–Trinajstić information content (AvgIpc) is 2.47. The van der Waals surface area contributed by atoms with Gasteiger partial charge in [0, 0.05) is 6.42 Å². The smallest absolute Gasteiger partial charge is 0.148 e. The van der Waals surface area contributed by atoms with Gasteiger partial charge in [-0.15, -0.1) is 0 Å². The summed E-state index contributed by atoms with van der Waals surface area (Å²) in [4.78, 5) is 0. The number of aliphatic hydroxyl groups excluding tert-OH is 2. The minimum absolute atomic E-state index is 0.219. The van der Waals surface area contributed by atoms with Crippen molar-refractivity contribution in [1.82, 2.24) is 0 Å². The Labute approximate surface area is 113 Å². The molecule has 0 amide bonds. The van der Waals surface area contributed by atoms with E-state index in [4.69, 9.17) is 4.74 Å². The van der Waals surface area contributed by atoms with Gasteiger partial charge in [0.2, 0.25) is 0 Å². The zero-order valence-electron chi connectivity index (χ0n) is 10.6. The maximum Gasteiger partial charge on any atom is 0.148 e. The Balaban J connectivity index is 1.97. The van der Waals surface area contributed by atoms with Gasteiger partial charge in [-0.1, -0.05) is 48.5 Å². The van der Waals surface area contributed by atoms with Crippen LogP contribution in [-0.4, -0.2) is 29.0 Å². The summed E-state index contributed by atoms with van der Waals surface area (Å²) in [5.74, 6) is 0.647.